The van der Waals surface area contributed by atoms with Crippen LogP contribution in [0, 0.1) is 0 Å². The summed E-state index contributed by atoms with van der Waals surface area (Å²) in [6, 6.07) is 9.45. The molecule has 1 atom stereocenters. The lowest BCUT2D eigenvalue weighted by atomic mass is 10.3. The third-order valence-electron chi connectivity index (χ3n) is 2.47. The van der Waals surface area contributed by atoms with Gasteiger partial charge in [-0.3, -0.25) is 4.98 Å². The zero-order chi connectivity index (χ0) is 12.8. The molecule has 1 unspecified atom stereocenters. The van der Waals surface area contributed by atoms with Gasteiger partial charge in [0.1, 0.15) is 0 Å². The van der Waals surface area contributed by atoms with Gasteiger partial charge in [-0.1, -0.05) is 12.1 Å². The number of rotatable bonds is 4. The number of thiophene rings is 1. The van der Waals surface area contributed by atoms with E-state index in [2.05, 4.69) is 15.6 Å². The van der Waals surface area contributed by atoms with Gasteiger partial charge < -0.3 is 10.6 Å². The standard InChI is InChI=1S/C13H15N3OS/c1-10(12-6-4-8-18-12)16-13(17)15-9-11-5-2-3-7-14-11/h2-8,10H,9H2,1H3,(H2,15,16,17). The minimum Gasteiger partial charge on any atom is -0.332 e. The molecule has 0 bridgehead atoms. The average Bonchev–Trinajstić information content (AvgIpc) is 2.91. The molecule has 18 heavy (non-hydrogen) atoms. The van der Waals surface area contributed by atoms with E-state index in [1.165, 1.54) is 0 Å². The highest BCUT2D eigenvalue weighted by molar-refractivity contribution is 7.10. The van der Waals surface area contributed by atoms with E-state index in [4.69, 9.17) is 0 Å². The summed E-state index contributed by atoms with van der Waals surface area (Å²) in [5.74, 6) is 0. The zero-order valence-corrected chi connectivity index (χ0v) is 10.9. The van der Waals surface area contributed by atoms with Crippen LogP contribution in [0.4, 0.5) is 4.79 Å². The maximum Gasteiger partial charge on any atom is 0.315 e. The molecule has 94 valence electrons. The van der Waals surface area contributed by atoms with Gasteiger partial charge in [0.25, 0.3) is 0 Å². The first kappa shape index (κ1) is 12.6. The monoisotopic (exact) mass is 261 g/mol. The van der Waals surface area contributed by atoms with Gasteiger partial charge in [-0.25, -0.2) is 4.79 Å². The van der Waals surface area contributed by atoms with Crippen LogP contribution in [0.2, 0.25) is 0 Å². The van der Waals surface area contributed by atoms with Crippen molar-refractivity contribution in [2.24, 2.45) is 0 Å². The summed E-state index contributed by atoms with van der Waals surface area (Å²) in [5.41, 5.74) is 0.844. The molecule has 0 aliphatic carbocycles. The molecule has 0 aliphatic heterocycles. The van der Waals surface area contributed by atoms with Crippen molar-refractivity contribution in [3.05, 3.63) is 52.5 Å². The summed E-state index contributed by atoms with van der Waals surface area (Å²) in [5, 5.41) is 7.67. The minimum absolute atomic E-state index is 0.0220. The Morgan fingerprint density at radius 3 is 2.94 bits per heavy atom. The number of hydrogen-bond acceptors (Lipinski definition) is 3. The number of carbonyl (C=O) groups is 1. The van der Waals surface area contributed by atoms with Gasteiger partial charge in [-0.05, 0) is 30.5 Å². The summed E-state index contributed by atoms with van der Waals surface area (Å²) < 4.78 is 0. The Labute approximate surface area is 110 Å². The number of hydrogen-bond donors (Lipinski definition) is 2. The van der Waals surface area contributed by atoms with Crippen molar-refractivity contribution in [3.63, 3.8) is 0 Å². The summed E-state index contributed by atoms with van der Waals surface area (Å²) in [6.45, 7) is 2.40. The molecule has 5 heteroatoms. The van der Waals surface area contributed by atoms with Crippen LogP contribution in [0.15, 0.2) is 41.9 Å². The number of carbonyl (C=O) groups excluding carboxylic acids is 1. The largest absolute Gasteiger partial charge is 0.332 e. The number of aromatic nitrogens is 1. The van der Waals surface area contributed by atoms with Crippen LogP contribution in [0.5, 0.6) is 0 Å². The second-order valence-corrected chi connectivity index (χ2v) is 4.86. The number of pyridine rings is 1. The third kappa shape index (κ3) is 3.56. The molecule has 2 N–H and O–H groups in total. The first-order valence-electron chi connectivity index (χ1n) is 5.73. The van der Waals surface area contributed by atoms with E-state index < -0.39 is 0 Å². The predicted molar refractivity (Wildman–Crippen MR) is 72.3 cm³/mol. The Balaban J connectivity index is 1.79. The van der Waals surface area contributed by atoms with Crippen molar-refractivity contribution in [2.45, 2.75) is 19.5 Å². The van der Waals surface area contributed by atoms with Crippen molar-refractivity contribution in [1.82, 2.24) is 15.6 Å². The van der Waals surface area contributed by atoms with Crippen LogP contribution in [0.1, 0.15) is 23.5 Å². The van der Waals surface area contributed by atoms with E-state index in [0.717, 1.165) is 10.6 Å². The second kappa shape index (κ2) is 6.16. The molecule has 0 saturated heterocycles. The summed E-state index contributed by atoms with van der Waals surface area (Å²) in [7, 11) is 0. The fourth-order valence-corrected chi connectivity index (χ4v) is 2.26. The van der Waals surface area contributed by atoms with Gasteiger partial charge in [-0.2, -0.15) is 0 Å². The number of nitrogens with one attached hydrogen (secondary N) is 2. The van der Waals surface area contributed by atoms with E-state index in [1.54, 1.807) is 17.5 Å². The van der Waals surface area contributed by atoms with Crippen molar-refractivity contribution in [1.29, 1.82) is 0 Å². The van der Waals surface area contributed by atoms with Gasteiger partial charge in [0, 0.05) is 11.1 Å². The van der Waals surface area contributed by atoms with E-state index in [-0.39, 0.29) is 12.1 Å². The van der Waals surface area contributed by atoms with Crippen LogP contribution < -0.4 is 10.6 Å². The minimum atomic E-state index is -0.179. The van der Waals surface area contributed by atoms with E-state index >= 15 is 0 Å². The van der Waals surface area contributed by atoms with E-state index in [0.29, 0.717) is 6.54 Å². The van der Waals surface area contributed by atoms with E-state index in [9.17, 15) is 4.79 Å². The van der Waals surface area contributed by atoms with Gasteiger partial charge in [0.05, 0.1) is 18.3 Å². The molecular weight excluding hydrogens is 246 g/mol. The Bertz CT molecular complexity index is 484. The lowest BCUT2D eigenvalue weighted by Gasteiger charge is -2.12. The normalized spacial score (nSPS) is 11.8. The molecule has 0 aromatic carbocycles. The highest BCUT2D eigenvalue weighted by Gasteiger charge is 2.09. The van der Waals surface area contributed by atoms with Gasteiger partial charge >= 0.3 is 6.03 Å². The van der Waals surface area contributed by atoms with Crippen molar-refractivity contribution in [3.8, 4) is 0 Å². The lowest BCUT2D eigenvalue weighted by Crippen LogP contribution is -2.36. The van der Waals surface area contributed by atoms with Crippen LogP contribution in [0.3, 0.4) is 0 Å². The highest BCUT2D eigenvalue weighted by atomic mass is 32.1. The van der Waals surface area contributed by atoms with Crippen LogP contribution >= 0.6 is 11.3 Å². The maximum atomic E-state index is 11.7. The molecule has 0 saturated carbocycles. The number of nitrogens with zero attached hydrogens (tertiary/aromatic N) is 1. The average molecular weight is 261 g/mol. The first-order chi connectivity index (χ1) is 8.75. The molecule has 0 aliphatic rings. The van der Waals surface area contributed by atoms with Gasteiger partial charge in [0.2, 0.25) is 0 Å². The molecule has 0 fully saturated rings. The molecule has 0 radical (unpaired) electrons. The van der Waals surface area contributed by atoms with Crippen molar-refractivity contribution < 1.29 is 4.79 Å². The molecule has 2 heterocycles. The van der Waals surface area contributed by atoms with Gasteiger partial charge in [-0.15, -0.1) is 11.3 Å². The topological polar surface area (TPSA) is 54.0 Å². The van der Waals surface area contributed by atoms with E-state index in [1.807, 2.05) is 42.6 Å². The molecule has 4 nitrogen and oxygen atoms in total. The molecule has 2 aromatic heterocycles. The smallest absolute Gasteiger partial charge is 0.315 e. The fourth-order valence-electron chi connectivity index (χ4n) is 1.53. The predicted octanol–water partition coefficient (Wildman–Crippen LogP) is 2.70. The quantitative estimate of drug-likeness (QED) is 0.889. The number of amides is 2. The molecule has 0 spiro atoms. The lowest BCUT2D eigenvalue weighted by molar-refractivity contribution is 0.237. The summed E-state index contributed by atoms with van der Waals surface area (Å²) >= 11 is 1.63. The highest BCUT2D eigenvalue weighted by Crippen LogP contribution is 2.17. The van der Waals surface area contributed by atoms with Crippen LogP contribution in [0.25, 0.3) is 0 Å². The molecular formula is C13H15N3OS. The Hall–Kier alpha value is -1.88. The Morgan fingerprint density at radius 2 is 2.28 bits per heavy atom. The number of urea groups is 1. The van der Waals surface area contributed by atoms with Gasteiger partial charge in [0.15, 0.2) is 0 Å². The van der Waals surface area contributed by atoms with Crippen LogP contribution in [-0.4, -0.2) is 11.0 Å². The third-order valence-corrected chi connectivity index (χ3v) is 3.53. The van der Waals surface area contributed by atoms with Crippen molar-refractivity contribution >= 4 is 17.4 Å². The second-order valence-electron chi connectivity index (χ2n) is 3.89. The molecule has 2 rings (SSSR count). The zero-order valence-electron chi connectivity index (χ0n) is 10.1. The first-order valence-corrected chi connectivity index (χ1v) is 6.61. The maximum absolute atomic E-state index is 11.7. The summed E-state index contributed by atoms with van der Waals surface area (Å²) in [4.78, 5) is 17.0. The fraction of sp³-hybridized carbons (Fsp3) is 0.231. The summed E-state index contributed by atoms with van der Waals surface area (Å²) in [6.07, 6.45) is 1.71. The SMILES string of the molecule is CC(NC(=O)NCc1ccccn1)c1cccs1. The molecule has 2 aromatic rings. The van der Waals surface area contributed by atoms with Crippen molar-refractivity contribution in [2.75, 3.05) is 0 Å². The Kier molecular flexibility index (Phi) is 4.30. The molecule has 2 amide bonds. The Morgan fingerprint density at radius 1 is 1.39 bits per heavy atom. The van der Waals surface area contributed by atoms with Crippen LogP contribution in [-0.2, 0) is 6.54 Å².